The Bertz CT molecular complexity index is 787. The van der Waals surface area contributed by atoms with Crippen LogP contribution < -0.4 is 0 Å². The smallest absolute Gasteiger partial charge is 0.207 e. The molecule has 0 saturated heterocycles. The standard InChI is InChI=1S/2C9H4F4/c2*1-2-6-5-7(10)3-4-8(6)9(11,12)13/h2*1,3-5H. The molecule has 0 aliphatic rings. The van der Waals surface area contributed by atoms with Crippen molar-refractivity contribution < 1.29 is 35.1 Å². The predicted molar refractivity (Wildman–Crippen MR) is 78.7 cm³/mol. The number of benzene rings is 2. The van der Waals surface area contributed by atoms with Crippen molar-refractivity contribution in [2.75, 3.05) is 0 Å². The molecule has 26 heavy (non-hydrogen) atoms. The SMILES string of the molecule is C#Cc1cc(F)ccc1C(F)(F)F.C#Cc1cc(F)ccc1C(F)(F)F. The summed E-state index contributed by atoms with van der Waals surface area (Å²) in [6.07, 6.45) is 0.534. The largest absolute Gasteiger partial charge is 0.417 e. The van der Waals surface area contributed by atoms with E-state index in [0.29, 0.717) is 24.3 Å². The highest BCUT2D eigenvalue weighted by Gasteiger charge is 2.33. The Labute approximate surface area is 143 Å². The first-order valence-corrected chi connectivity index (χ1v) is 6.57. The van der Waals surface area contributed by atoms with E-state index in [1.165, 1.54) is 0 Å². The first-order valence-electron chi connectivity index (χ1n) is 6.57. The predicted octanol–water partition coefficient (Wildman–Crippen LogP) is 5.65. The molecule has 0 aromatic heterocycles. The third-order valence-electron chi connectivity index (χ3n) is 2.89. The number of rotatable bonds is 0. The second-order valence-electron chi connectivity index (χ2n) is 4.66. The van der Waals surface area contributed by atoms with Crippen molar-refractivity contribution in [1.82, 2.24) is 0 Å². The zero-order valence-electron chi connectivity index (χ0n) is 12.6. The summed E-state index contributed by atoms with van der Waals surface area (Å²) in [5, 5.41) is 0. The quantitative estimate of drug-likeness (QED) is 0.412. The van der Waals surface area contributed by atoms with Crippen LogP contribution in [0.5, 0.6) is 0 Å². The van der Waals surface area contributed by atoms with Crippen LogP contribution in [-0.2, 0) is 12.4 Å². The highest BCUT2D eigenvalue weighted by molar-refractivity contribution is 5.42. The molecule has 2 aromatic rings. The molecule has 0 heterocycles. The van der Waals surface area contributed by atoms with E-state index in [1.54, 1.807) is 11.8 Å². The lowest BCUT2D eigenvalue weighted by Crippen LogP contribution is -2.07. The fourth-order valence-electron chi connectivity index (χ4n) is 1.77. The van der Waals surface area contributed by atoms with E-state index in [9.17, 15) is 35.1 Å². The average molecular weight is 376 g/mol. The van der Waals surface area contributed by atoms with Crippen LogP contribution in [0.25, 0.3) is 0 Å². The summed E-state index contributed by atoms with van der Waals surface area (Å²) in [6, 6.07) is 4.08. The van der Waals surface area contributed by atoms with Crippen molar-refractivity contribution in [3.63, 3.8) is 0 Å². The van der Waals surface area contributed by atoms with Gasteiger partial charge in [-0.3, -0.25) is 0 Å². The third kappa shape index (κ3) is 5.52. The lowest BCUT2D eigenvalue weighted by Gasteiger charge is -2.08. The van der Waals surface area contributed by atoms with E-state index >= 15 is 0 Å². The van der Waals surface area contributed by atoms with Gasteiger partial charge in [-0.15, -0.1) is 12.8 Å². The molecule has 0 atom stereocenters. The zero-order chi connectivity index (χ0) is 20.1. The first-order chi connectivity index (χ1) is 11.9. The molecule has 0 aliphatic heterocycles. The maximum atomic E-state index is 12.5. The van der Waals surface area contributed by atoms with Gasteiger partial charge >= 0.3 is 12.4 Å². The first kappa shape index (κ1) is 21.0. The van der Waals surface area contributed by atoms with Gasteiger partial charge in [0.2, 0.25) is 0 Å². The number of terminal acetylenes is 2. The topological polar surface area (TPSA) is 0 Å². The summed E-state index contributed by atoms with van der Waals surface area (Å²) in [7, 11) is 0. The van der Waals surface area contributed by atoms with E-state index in [0.717, 1.165) is 12.1 Å². The van der Waals surface area contributed by atoms with Gasteiger partial charge in [0.25, 0.3) is 0 Å². The van der Waals surface area contributed by atoms with Crippen molar-refractivity contribution in [3.8, 4) is 24.7 Å². The van der Waals surface area contributed by atoms with Crippen LogP contribution in [0.15, 0.2) is 36.4 Å². The van der Waals surface area contributed by atoms with E-state index in [1.807, 2.05) is 0 Å². The van der Waals surface area contributed by atoms with Gasteiger partial charge in [0.15, 0.2) is 0 Å². The minimum atomic E-state index is -4.53. The van der Waals surface area contributed by atoms with Crippen LogP contribution in [0.1, 0.15) is 22.3 Å². The molecular weight excluding hydrogens is 368 g/mol. The molecule has 0 aliphatic carbocycles. The summed E-state index contributed by atoms with van der Waals surface area (Å²) in [5.74, 6) is 2.01. The lowest BCUT2D eigenvalue weighted by atomic mass is 10.1. The van der Waals surface area contributed by atoms with E-state index < -0.39 is 46.2 Å². The molecule has 0 unspecified atom stereocenters. The van der Waals surface area contributed by atoms with Crippen LogP contribution in [-0.4, -0.2) is 0 Å². The normalized spacial score (nSPS) is 11.0. The Hall–Kier alpha value is -3.00. The maximum absolute atomic E-state index is 12.5. The molecule has 136 valence electrons. The fraction of sp³-hybridized carbons (Fsp3) is 0.111. The van der Waals surface area contributed by atoms with Gasteiger partial charge in [-0.1, -0.05) is 11.8 Å². The van der Waals surface area contributed by atoms with Crippen LogP contribution >= 0.6 is 0 Å². The number of halogens is 8. The van der Waals surface area contributed by atoms with Gasteiger partial charge in [-0.05, 0) is 36.4 Å². The van der Waals surface area contributed by atoms with Crippen molar-refractivity contribution in [3.05, 3.63) is 70.3 Å². The Kier molecular flexibility index (Phi) is 6.41. The highest BCUT2D eigenvalue weighted by atomic mass is 19.4. The van der Waals surface area contributed by atoms with Gasteiger partial charge in [0, 0.05) is 11.1 Å². The van der Waals surface area contributed by atoms with Gasteiger partial charge in [-0.2, -0.15) is 26.3 Å². The minimum Gasteiger partial charge on any atom is -0.207 e. The monoisotopic (exact) mass is 376 g/mol. The number of hydrogen-bond donors (Lipinski definition) is 0. The Morgan fingerprint density at radius 2 is 0.923 bits per heavy atom. The summed E-state index contributed by atoms with van der Waals surface area (Å²) in [6.45, 7) is 0. The molecule has 0 fully saturated rings. The molecule has 0 nitrogen and oxygen atoms in total. The summed E-state index contributed by atoms with van der Waals surface area (Å²) < 4.78 is 97.8. The van der Waals surface area contributed by atoms with Crippen molar-refractivity contribution in [2.24, 2.45) is 0 Å². The van der Waals surface area contributed by atoms with E-state index in [4.69, 9.17) is 12.8 Å². The maximum Gasteiger partial charge on any atom is 0.417 e. The van der Waals surface area contributed by atoms with Gasteiger partial charge in [-0.25, -0.2) is 8.78 Å². The van der Waals surface area contributed by atoms with Gasteiger partial charge in [0.1, 0.15) is 11.6 Å². The highest BCUT2D eigenvalue weighted by Crippen LogP contribution is 2.32. The van der Waals surface area contributed by atoms with Gasteiger partial charge in [0.05, 0.1) is 11.1 Å². The van der Waals surface area contributed by atoms with Crippen LogP contribution in [0.4, 0.5) is 35.1 Å². The second-order valence-corrected chi connectivity index (χ2v) is 4.66. The Morgan fingerprint density at radius 1 is 0.615 bits per heavy atom. The fourth-order valence-corrected chi connectivity index (χ4v) is 1.77. The molecular formula is C18H8F8. The summed E-state index contributed by atoms with van der Waals surface area (Å²) >= 11 is 0. The Morgan fingerprint density at radius 3 is 1.15 bits per heavy atom. The molecule has 0 N–H and O–H groups in total. The molecule has 0 saturated carbocycles. The number of alkyl halides is 6. The molecule has 2 aromatic carbocycles. The van der Waals surface area contributed by atoms with Gasteiger partial charge < -0.3 is 0 Å². The van der Waals surface area contributed by atoms with Crippen LogP contribution in [0, 0.1) is 36.3 Å². The van der Waals surface area contributed by atoms with E-state index in [-0.39, 0.29) is 0 Å². The second kappa shape index (κ2) is 7.92. The molecule has 0 spiro atoms. The summed E-state index contributed by atoms with van der Waals surface area (Å²) in [4.78, 5) is 0. The minimum absolute atomic E-state index is 0.479. The molecule has 0 amide bonds. The zero-order valence-corrected chi connectivity index (χ0v) is 12.6. The molecule has 2 rings (SSSR count). The van der Waals surface area contributed by atoms with Crippen LogP contribution in [0.2, 0.25) is 0 Å². The van der Waals surface area contributed by atoms with Crippen molar-refractivity contribution in [2.45, 2.75) is 12.4 Å². The average Bonchev–Trinajstić information content (AvgIpc) is 2.52. The van der Waals surface area contributed by atoms with E-state index in [2.05, 4.69) is 0 Å². The van der Waals surface area contributed by atoms with Crippen molar-refractivity contribution >= 4 is 0 Å². The molecule has 0 radical (unpaired) electrons. The van der Waals surface area contributed by atoms with Crippen molar-refractivity contribution in [1.29, 1.82) is 0 Å². The number of hydrogen-bond acceptors (Lipinski definition) is 0. The lowest BCUT2D eigenvalue weighted by molar-refractivity contribution is -0.138. The molecule has 0 bridgehead atoms. The third-order valence-corrected chi connectivity index (χ3v) is 2.89. The Balaban J connectivity index is 0.000000260. The summed E-state index contributed by atoms with van der Waals surface area (Å²) in [5.41, 5.74) is -2.94. The molecule has 8 heteroatoms. The van der Waals surface area contributed by atoms with Crippen LogP contribution in [0.3, 0.4) is 0 Å².